The number of benzene rings is 1. The number of carboxylic acids is 1. The van der Waals surface area contributed by atoms with E-state index in [4.69, 9.17) is 9.84 Å². The van der Waals surface area contributed by atoms with Crippen molar-refractivity contribution in [3.63, 3.8) is 0 Å². The Labute approximate surface area is 108 Å². The van der Waals surface area contributed by atoms with Gasteiger partial charge in [-0.3, -0.25) is 4.79 Å². The summed E-state index contributed by atoms with van der Waals surface area (Å²) in [5, 5.41) is 8.81. The first-order valence-electron chi connectivity index (χ1n) is 5.87. The third-order valence-electron chi connectivity index (χ3n) is 3.20. The zero-order valence-electron chi connectivity index (χ0n) is 10.2. The summed E-state index contributed by atoms with van der Waals surface area (Å²) in [7, 11) is 0. The van der Waals surface area contributed by atoms with Gasteiger partial charge in [-0.05, 0) is 18.6 Å². The van der Waals surface area contributed by atoms with Gasteiger partial charge in [0.1, 0.15) is 11.9 Å². The van der Waals surface area contributed by atoms with Crippen LogP contribution in [0.15, 0.2) is 18.2 Å². The largest absolute Gasteiger partial charge is 0.490 e. The van der Waals surface area contributed by atoms with Crippen molar-refractivity contribution in [3.8, 4) is 5.75 Å². The smallest absolute Gasteiger partial charge is 0.416 e. The molecule has 1 aliphatic heterocycles. The summed E-state index contributed by atoms with van der Waals surface area (Å²) < 4.78 is 43.8. The highest BCUT2D eigenvalue weighted by atomic mass is 19.4. The van der Waals surface area contributed by atoms with Crippen molar-refractivity contribution in [1.82, 2.24) is 0 Å². The van der Waals surface area contributed by atoms with Crippen molar-refractivity contribution in [3.05, 3.63) is 29.3 Å². The van der Waals surface area contributed by atoms with E-state index < -0.39 is 29.7 Å². The van der Waals surface area contributed by atoms with Gasteiger partial charge in [-0.15, -0.1) is 0 Å². The van der Waals surface area contributed by atoms with Gasteiger partial charge >= 0.3 is 12.1 Å². The first-order chi connectivity index (χ1) is 8.79. The molecule has 0 saturated carbocycles. The lowest BCUT2D eigenvalue weighted by Crippen LogP contribution is -2.21. The highest BCUT2D eigenvalue weighted by Gasteiger charge is 2.38. The van der Waals surface area contributed by atoms with Crippen molar-refractivity contribution in [2.45, 2.75) is 32.0 Å². The van der Waals surface area contributed by atoms with E-state index in [1.807, 2.05) is 0 Å². The van der Waals surface area contributed by atoms with Crippen LogP contribution < -0.4 is 4.74 Å². The molecule has 1 N–H and O–H groups in total. The zero-order valence-corrected chi connectivity index (χ0v) is 10.2. The number of hydrogen-bond acceptors (Lipinski definition) is 2. The van der Waals surface area contributed by atoms with E-state index in [2.05, 4.69) is 0 Å². The van der Waals surface area contributed by atoms with Gasteiger partial charge in [0.25, 0.3) is 0 Å². The molecule has 1 aromatic carbocycles. The minimum absolute atomic E-state index is 0.0998. The van der Waals surface area contributed by atoms with E-state index in [1.54, 1.807) is 0 Å². The van der Waals surface area contributed by atoms with Crippen LogP contribution >= 0.6 is 0 Å². The fraction of sp³-hybridized carbons (Fsp3) is 0.462. The van der Waals surface area contributed by atoms with E-state index in [9.17, 15) is 18.0 Å². The molecule has 3 nitrogen and oxygen atoms in total. The summed E-state index contributed by atoms with van der Waals surface area (Å²) in [5.41, 5.74) is -0.576. The SMILES string of the molecule is CC(CC1Cc2c(cccc2C(F)(F)F)O1)C(=O)O. The predicted molar refractivity (Wildman–Crippen MR) is 61.0 cm³/mol. The molecule has 2 atom stereocenters. The Kier molecular flexibility index (Phi) is 3.43. The Morgan fingerprint density at radius 2 is 2.21 bits per heavy atom. The Morgan fingerprint density at radius 3 is 2.79 bits per heavy atom. The fourth-order valence-corrected chi connectivity index (χ4v) is 2.23. The third-order valence-corrected chi connectivity index (χ3v) is 3.20. The average Bonchev–Trinajstić information content (AvgIpc) is 2.68. The number of ether oxygens (including phenoxy) is 1. The van der Waals surface area contributed by atoms with Gasteiger partial charge in [0.05, 0.1) is 11.5 Å². The van der Waals surface area contributed by atoms with Crippen LogP contribution in [-0.2, 0) is 17.4 Å². The number of carboxylic acid groups (broad SMARTS) is 1. The van der Waals surface area contributed by atoms with E-state index in [0.29, 0.717) is 0 Å². The molecule has 0 aromatic heterocycles. The molecule has 6 heteroatoms. The lowest BCUT2D eigenvalue weighted by atomic mass is 9.97. The Morgan fingerprint density at radius 1 is 1.53 bits per heavy atom. The number of alkyl halides is 3. The minimum Gasteiger partial charge on any atom is -0.490 e. The summed E-state index contributed by atoms with van der Waals surface area (Å²) in [5.74, 6) is -1.42. The summed E-state index contributed by atoms with van der Waals surface area (Å²) in [6, 6.07) is 3.80. The quantitative estimate of drug-likeness (QED) is 0.921. The monoisotopic (exact) mass is 274 g/mol. The van der Waals surface area contributed by atoms with Crippen LogP contribution in [0.2, 0.25) is 0 Å². The molecule has 1 aliphatic rings. The van der Waals surface area contributed by atoms with Gasteiger partial charge in [-0.25, -0.2) is 0 Å². The van der Waals surface area contributed by atoms with Gasteiger partial charge in [-0.2, -0.15) is 13.2 Å². The fourth-order valence-electron chi connectivity index (χ4n) is 2.23. The minimum atomic E-state index is -4.41. The van der Waals surface area contributed by atoms with Gasteiger partial charge in [0.2, 0.25) is 0 Å². The Hall–Kier alpha value is -1.72. The maximum absolute atomic E-state index is 12.8. The summed E-state index contributed by atoms with van der Waals surface area (Å²) in [6.45, 7) is 1.51. The van der Waals surface area contributed by atoms with E-state index >= 15 is 0 Å². The van der Waals surface area contributed by atoms with Crippen LogP contribution in [0.25, 0.3) is 0 Å². The van der Waals surface area contributed by atoms with Crippen LogP contribution in [0, 0.1) is 5.92 Å². The molecule has 0 radical (unpaired) electrons. The number of carbonyl (C=O) groups is 1. The molecule has 0 fully saturated rings. The molecule has 104 valence electrons. The van der Waals surface area contributed by atoms with Crippen molar-refractivity contribution in [1.29, 1.82) is 0 Å². The molecule has 0 aliphatic carbocycles. The summed E-state index contributed by atoms with van der Waals surface area (Å²) >= 11 is 0. The molecule has 2 rings (SSSR count). The van der Waals surface area contributed by atoms with Crippen LogP contribution in [0.4, 0.5) is 13.2 Å². The molecule has 0 bridgehead atoms. The van der Waals surface area contributed by atoms with Gasteiger partial charge in [0.15, 0.2) is 0 Å². The van der Waals surface area contributed by atoms with Crippen LogP contribution in [0.3, 0.4) is 0 Å². The maximum atomic E-state index is 12.8. The topological polar surface area (TPSA) is 46.5 Å². The Bertz CT molecular complexity index is 496. The van der Waals surface area contributed by atoms with Crippen LogP contribution in [-0.4, -0.2) is 17.2 Å². The molecule has 0 amide bonds. The number of fused-ring (bicyclic) bond motifs is 1. The average molecular weight is 274 g/mol. The molecular weight excluding hydrogens is 261 g/mol. The first-order valence-corrected chi connectivity index (χ1v) is 5.87. The zero-order chi connectivity index (χ0) is 14.2. The standard InChI is InChI=1S/C13H13F3O3/c1-7(12(17)18)5-8-6-9-10(13(14,15)16)3-2-4-11(9)19-8/h2-4,7-8H,5-6H2,1H3,(H,17,18). The number of halogens is 3. The number of rotatable bonds is 3. The van der Waals surface area contributed by atoms with E-state index in [0.717, 1.165) is 6.07 Å². The first kappa shape index (κ1) is 13.7. The van der Waals surface area contributed by atoms with Gasteiger partial charge in [-0.1, -0.05) is 13.0 Å². The molecule has 19 heavy (non-hydrogen) atoms. The normalized spacial score (nSPS) is 19.7. The van der Waals surface area contributed by atoms with E-state index in [1.165, 1.54) is 19.1 Å². The molecule has 1 heterocycles. The van der Waals surface area contributed by atoms with Gasteiger partial charge in [0, 0.05) is 12.0 Å². The second-order valence-corrected chi connectivity index (χ2v) is 4.70. The molecule has 1 aromatic rings. The number of hydrogen-bond donors (Lipinski definition) is 1. The molecule has 0 saturated heterocycles. The maximum Gasteiger partial charge on any atom is 0.416 e. The third kappa shape index (κ3) is 2.83. The predicted octanol–water partition coefficient (Wildman–Crippen LogP) is 3.12. The Balaban J connectivity index is 2.19. The lowest BCUT2D eigenvalue weighted by molar-refractivity contribution is -0.142. The van der Waals surface area contributed by atoms with Crippen molar-refractivity contribution < 1.29 is 27.8 Å². The van der Waals surface area contributed by atoms with Crippen LogP contribution in [0.5, 0.6) is 5.75 Å². The molecule has 0 spiro atoms. The number of aliphatic carboxylic acids is 1. The molecular formula is C13H13F3O3. The second-order valence-electron chi connectivity index (χ2n) is 4.70. The van der Waals surface area contributed by atoms with Crippen molar-refractivity contribution in [2.75, 3.05) is 0 Å². The van der Waals surface area contributed by atoms with Crippen molar-refractivity contribution in [2.24, 2.45) is 5.92 Å². The van der Waals surface area contributed by atoms with Gasteiger partial charge < -0.3 is 9.84 Å². The molecule has 2 unspecified atom stereocenters. The summed E-state index contributed by atoms with van der Waals surface area (Å²) in [4.78, 5) is 10.8. The highest BCUT2D eigenvalue weighted by Crippen LogP contribution is 2.40. The van der Waals surface area contributed by atoms with Crippen molar-refractivity contribution >= 4 is 5.97 Å². The summed E-state index contributed by atoms with van der Waals surface area (Å²) in [6.07, 6.45) is -4.63. The highest BCUT2D eigenvalue weighted by molar-refractivity contribution is 5.69. The lowest BCUT2D eigenvalue weighted by Gasteiger charge is -2.13. The second kappa shape index (κ2) is 4.75. The van der Waals surface area contributed by atoms with E-state index in [-0.39, 0.29) is 24.2 Å². The van der Waals surface area contributed by atoms with Crippen LogP contribution in [0.1, 0.15) is 24.5 Å².